The summed E-state index contributed by atoms with van der Waals surface area (Å²) in [6.07, 6.45) is 12.4. The van der Waals surface area contributed by atoms with Gasteiger partial charge in [-0.1, -0.05) is 79.2 Å². The van der Waals surface area contributed by atoms with Crippen molar-refractivity contribution in [2.24, 2.45) is 0 Å². The van der Waals surface area contributed by atoms with Crippen LogP contribution >= 0.6 is 12.4 Å². The average Bonchev–Trinajstić information content (AvgIpc) is 3.20. The Bertz CT molecular complexity index is 1690. The van der Waals surface area contributed by atoms with Crippen LogP contribution in [0.5, 0.6) is 17.2 Å². The van der Waals surface area contributed by atoms with Crippen LogP contribution in [0.15, 0.2) is 97.1 Å². The van der Waals surface area contributed by atoms with Crippen molar-refractivity contribution < 1.29 is 19.0 Å². The Morgan fingerprint density at radius 2 is 1.43 bits per heavy atom. The van der Waals surface area contributed by atoms with E-state index < -0.39 is 0 Å². The Balaban J connectivity index is 0.00000561. The number of piperidine rings is 1. The molecule has 0 aromatic heterocycles. The van der Waals surface area contributed by atoms with E-state index in [0.717, 1.165) is 80.8 Å². The lowest BCUT2D eigenvalue weighted by Crippen LogP contribution is -2.55. The van der Waals surface area contributed by atoms with Gasteiger partial charge in [0.1, 0.15) is 5.75 Å². The fourth-order valence-corrected chi connectivity index (χ4v) is 9.08. The lowest BCUT2D eigenvalue weighted by molar-refractivity contribution is -0.121. The van der Waals surface area contributed by atoms with Gasteiger partial charge in [0.2, 0.25) is 5.91 Å². The summed E-state index contributed by atoms with van der Waals surface area (Å²) in [5.41, 5.74) is 6.79. The molecule has 1 N–H and O–H groups in total. The maximum atomic E-state index is 12.9. The fraction of sp³-hybridized carbons (Fsp3) is 0.468. The van der Waals surface area contributed by atoms with Crippen molar-refractivity contribution in [2.75, 3.05) is 40.0 Å². The van der Waals surface area contributed by atoms with E-state index in [0.29, 0.717) is 26.2 Å². The second-order valence-electron chi connectivity index (χ2n) is 15.0. The van der Waals surface area contributed by atoms with Gasteiger partial charge in [0.05, 0.1) is 20.3 Å². The third-order valence-electron chi connectivity index (χ3n) is 11.8. The number of nitrogens with one attached hydrogen (secondary N) is 1. The number of aryl methyl sites for hydroxylation is 2. The van der Waals surface area contributed by atoms with Crippen LogP contribution < -0.4 is 19.5 Å². The molecule has 1 amide bonds. The van der Waals surface area contributed by atoms with Crippen molar-refractivity contribution in [3.63, 3.8) is 0 Å². The number of amides is 1. The highest BCUT2D eigenvalue weighted by atomic mass is 35.5. The number of hydrogen-bond donors (Lipinski definition) is 1. The molecule has 0 saturated carbocycles. The number of rotatable bonds is 18. The summed E-state index contributed by atoms with van der Waals surface area (Å²) in [6.45, 7) is 8.30. The Hall–Kier alpha value is -4.00. The molecule has 7 heteroatoms. The standard InChI is InChI=1S/C47H60N2O4.ClH/c1-4-52-43-34-38-26-30-46(36-39(38)35-44(43)53-5-2)27-12-13-32-49(46)33-15-29-47(40-16-8-6-9-17-40,41-18-10-7-11-19-41)28-14-31-48-45(50)25-22-37-20-23-42(51-3)24-21-37;/h6-11,16-21,23-24,34-35H,4-5,12-15,22,25-33,36H2,1-3H3,(H,48,50);1H. The Morgan fingerprint density at radius 1 is 0.796 bits per heavy atom. The van der Waals surface area contributed by atoms with Gasteiger partial charge in [-0.2, -0.15) is 0 Å². The highest BCUT2D eigenvalue weighted by Crippen LogP contribution is 2.45. The molecular weight excluding hydrogens is 692 g/mol. The van der Waals surface area contributed by atoms with Gasteiger partial charge >= 0.3 is 0 Å². The van der Waals surface area contributed by atoms with E-state index in [4.69, 9.17) is 14.2 Å². The molecule has 1 unspecified atom stereocenters. The molecule has 1 heterocycles. The van der Waals surface area contributed by atoms with Gasteiger partial charge in [-0.15, -0.1) is 12.4 Å². The van der Waals surface area contributed by atoms with Crippen LogP contribution in [0.2, 0.25) is 0 Å². The van der Waals surface area contributed by atoms with Crippen LogP contribution in [0.4, 0.5) is 0 Å². The SMILES string of the molecule is CCOc1cc2c(cc1OCC)CC1(CCCCN1CCCC(CCCNC(=O)CCc1ccc(OC)cc1)(c1ccccc1)c1ccccc1)CC2.Cl. The molecule has 1 saturated heterocycles. The molecule has 1 atom stereocenters. The number of hydrogen-bond acceptors (Lipinski definition) is 5. The van der Waals surface area contributed by atoms with Crippen LogP contribution in [0.25, 0.3) is 0 Å². The zero-order valence-corrected chi connectivity index (χ0v) is 33.6. The summed E-state index contributed by atoms with van der Waals surface area (Å²) in [7, 11) is 1.67. The van der Waals surface area contributed by atoms with Crippen molar-refractivity contribution >= 4 is 18.3 Å². The van der Waals surface area contributed by atoms with E-state index in [2.05, 4.69) is 83.0 Å². The molecule has 1 aliphatic heterocycles. The molecule has 6 nitrogen and oxygen atoms in total. The summed E-state index contributed by atoms with van der Waals surface area (Å²) < 4.78 is 17.3. The molecule has 1 fully saturated rings. The number of likely N-dealkylation sites (tertiary alicyclic amines) is 1. The Kier molecular flexibility index (Phi) is 15.3. The van der Waals surface area contributed by atoms with Crippen molar-refractivity contribution in [1.29, 1.82) is 0 Å². The van der Waals surface area contributed by atoms with E-state index in [1.165, 1.54) is 47.9 Å². The molecule has 290 valence electrons. The summed E-state index contributed by atoms with van der Waals surface area (Å²) in [4.78, 5) is 15.8. The highest BCUT2D eigenvalue weighted by Gasteiger charge is 2.42. The molecule has 4 aromatic rings. The van der Waals surface area contributed by atoms with Gasteiger partial charge in [0.25, 0.3) is 0 Å². The Morgan fingerprint density at radius 3 is 2.06 bits per heavy atom. The number of nitrogens with zero attached hydrogens (tertiary/aromatic N) is 1. The van der Waals surface area contributed by atoms with E-state index >= 15 is 0 Å². The molecule has 1 spiro atoms. The number of halogens is 1. The van der Waals surface area contributed by atoms with E-state index in [-0.39, 0.29) is 29.3 Å². The second-order valence-corrected chi connectivity index (χ2v) is 15.0. The zero-order chi connectivity index (χ0) is 36.9. The quantitative estimate of drug-likeness (QED) is 0.103. The lowest BCUT2D eigenvalue weighted by Gasteiger charge is -2.50. The maximum absolute atomic E-state index is 12.9. The first-order valence-corrected chi connectivity index (χ1v) is 20.2. The maximum Gasteiger partial charge on any atom is 0.220 e. The first-order chi connectivity index (χ1) is 26.0. The third kappa shape index (κ3) is 9.99. The third-order valence-corrected chi connectivity index (χ3v) is 11.8. The number of benzene rings is 4. The average molecular weight is 753 g/mol. The second kappa shape index (κ2) is 20.1. The van der Waals surface area contributed by atoms with Crippen molar-refractivity contribution in [3.05, 3.63) is 125 Å². The zero-order valence-electron chi connectivity index (χ0n) is 32.7. The molecule has 6 rings (SSSR count). The van der Waals surface area contributed by atoms with E-state index in [1.54, 1.807) is 7.11 Å². The van der Waals surface area contributed by atoms with E-state index in [1.807, 2.05) is 38.1 Å². The molecule has 4 aromatic carbocycles. The molecule has 0 bridgehead atoms. The molecule has 1 aliphatic carbocycles. The predicted molar refractivity (Wildman–Crippen MR) is 223 cm³/mol. The topological polar surface area (TPSA) is 60.0 Å². The van der Waals surface area contributed by atoms with Crippen LogP contribution in [0.1, 0.15) is 99.5 Å². The van der Waals surface area contributed by atoms with Gasteiger partial charge in [-0.05, 0) is 143 Å². The minimum Gasteiger partial charge on any atom is -0.497 e. The summed E-state index contributed by atoms with van der Waals surface area (Å²) in [5, 5.41) is 3.24. The summed E-state index contributed by atoms with van der Waals surface area (Å²) >= 11 is 0. The minimum atomic E-state index is -0.138. The van der Waals surface area contributed by atoms with Crippen molar-refractivity contribution in [2.45, 2.75) is 102 Å². The Labute approximate surface area is 330 Å². The smallest absolute Gasteiger partial charge is 0.220 e. The van der Waals surface area contributed by atoms with Gasteiger partial charge in [0, 0.05) is 23.9 Å². The summed E-state index contributed by atoms with van der Waals surface area (Å²) in [6, 6.07) is 34.7. The van der Waals surface area contributed by atoms with E-state index in [9.17, 15) is 4.79 Å². The summed E-state index contributed by atoms with van der Waals surface area (Å²) in [5.74, 6) is 2.71. The van der Waals surface area contributed by atoms with Gasteiger partial charge < -0.3 is 19.5 Å². The van der Waals surface area contributed by atoms with Crippen LogP contribution in [0.3, 0.4) is 0 Å². The molecular formula is C47H61ClN2O4. The van der Waals surface area contributed by atoms with Crippen LogP contribution in [-0.2, 0) is 29.5 Å². The van der Waals surface area contributed by atoms with Crippen LogP contribution in [-0.4, -0.2) is 56.3 Å². The number of fused-ring (bicyclic) bond motifs is 1. The largest absolute Gasteiger partial charge is 0.497 e. The van der Waals surface area contributed by atoms with Gasteiger partial charge in [-0.25, -0.2) is 0 Å². The molecule has 2 aliphatic rings. The molecule has 0 radical (unpaired) electrons. The molecule has 54 heavy (non-hydrogen) atoms. The number of ether oxygens (including phenoxy) is 3. The van der Waals surface area contributed by atoms with Gasteiger partial charge in [-0.3, -0.25) is 9.69 Å². The monoisotopic (exact) mass is 752 g/mol. The highest BCUT2D eigenvalue weighted by molar-refractivity contribution is 5.85. The number of carbonyl (C=O) groups excluding carboxylic acids is 1. The first kappa shape index (κ1) is 41.2. The lowest BCUT2D eigenvalue weighted by atomic mass is 9.68. The van der Waals surface area contributed by atoms with Gasteiger partial charge in [0.15, 0.2) is 11.5 Å². The van der Waals surface area contributed by atoms with Crippen molar-refractivity contribution in [3.8, 4) is 17.2 Å². The predicted octanol–water partition coefficient (Wildman–Crippen LogP) is 9.92. The first-order valence-electron chi connectivity index (χ1n) is 20.2. The minimum absolute atomic E-state index is 0. The normalized spacial score (nSPS) is 16.9. The fourth-order valence-electron chi connectivity index (χ4n) is 9.08. The number of carbonyl (C=O) groups is 1. The van der Waals surface area contributed by atoms with Crippen LogP contribution in [0, 0.1) is 0 Å². The number of methoxy groups -OCH3 is 1. The van der Waals surface area contributed by atoms with Crippen molar-refractivity contribution in [1.82, 2.24) is 10.2 Å².